The highest BCUT2D eigenvalue weighted by molar-refractivity contribution is 5.77. The van der Waals surface area contributed by atoms with Crippen molar-refractivity contribution >= 4 is 5.91 Å². The first-order valence-corrected chi connectivity index (χ1v) is 5.87. The third-order valence-electron chi connectivity index (χ3n) is 2.74. The summed E-state index contributed by atoms with van der Waals surface area (Å²) in [5.41, 5.74) is 7.70. The predicted molar refractivity (Wildman–Crippen MR) is 66.0 cm³/mol. The second-order valence-electron chi connectivity index (χ2n) is 4.19. The highest BCUT2D eigenvalue weighted by Gasteiger charge is 2.11. The second-order valence-corrected chi connectivity index (χ2v) is 4.19. The van der Waals surface area contributed by atoms with E-state index in [2.05, 4.69) is 20.8 Å². The van der Waals surface area contributed by atoms with Crippen molar-refractivity contribution in [3.63, 3.8) is 0 Å². The number of hydrogen-bond donors (Lipinski definition) is 2. The maximum absolute atomic E-state index is 11.0. The molecule has 0 bridgehead atoms. The van der Waals surface area contributed by atoms with Gasteiger partial charge in [0.2, 0.25) is 5.91 Å². The molecule has 2 heterocycles. The average molecular weight is 264 g/mol. The molecule has 1 amide bonds. The minimum absolute atomic E-state index is 0.0345. The first kappa shape index (κ1) is 13.2. The number of rotatable bonds is 5. The fourth-order valence-electron chi connectivity index (χ4n) is 1.65. The van der Waals surface area contributed by atoms with E-state index in [1.54, 1.807) is 10.9 Å². The maximum atomic E-state index is 11.0. The van der Waals surface area contributed by atoms with Crippen molar-refractivity contribution in [3.05, 3.63) is 28.9 Å². The van der Waals surface area contributed by atoms with Crippen molar-refractivity contribution < 1.29 is 9.32 Å². The van der Waals surface area contributed by atoms with Crippen LogP contribution in [0.5, 0.6) is 0 Å². The number of carbonyl (C=O) groups is 1. The van der Waals surface area contributed by atoms with E-state index < -0.39 is 0 Å². The molecule has 0 fully saturated rings. The van der Waals surface area contributed by atoms with Gasteiger partial charge in [0.1, 0.15) is 11.5 Å². The predicted octanol–water partition coefficient (Wildman–Crippen LogP) is -0.494. The Hall–Kier alpha value is -2.22. The van der Waals surface area contributed by atoms with Crippen molar-refractivity contribution in [3.8, 4) is 0 Å². The maximum Gasteiger partial charge on any atom is 0.234 e. The van der Waals surface area contributed by atoms with Gasteiger partial charge >= 0.3 is 0 Å². The van der Waals surface area contributed by atoms with E-state index in [4.69, 9.17) is 10.3 Å². The molecule has 2 aromatic heterocycles. The van der Waals surface area contributed by atoms with Crippen LogP contribution >= 0.6 is 0 Å². The summed E-state index contributed by atoms with van der Waals surface area (Å²) in [6.07, 6.45) is 1.77. The summed E-state index contributed by atoms with van der Waals surface area (Å²) in [4.78, 5) is 11.0. The van der Waals surface area contributed by atoms with Crippen LogP contribution in [0.4, 0.5) is 0 Å². The van der Waals surface area contributed by atoms with Gasteiger partial charge in [-0.05, 0) is 13.8 Å². The van der Waals surface area contributed by atoms with Crippen LogP contribution in [0, 0.1) is 13.8 Å². The molecule has 0 aliphatic rings. The molecule has 0 unspecified atom stereocenters. The topological polar surface area (TPSA) is 112 Å². The smallest absolute Gasteiger partial charge is 0.234 e. The Balaban J connectivity index is 2.00. The summed E-state index contributed by atoms with van der Waals surface area (Å²) in [6.45, 7) is 4.56. The molecule has 0 saturated heterocycles. The minimum atomic E-state index is -0.222. The lowest BCUT2D eigenvalue weighted by Crippen LogP contribution is -2.29. The van der Waals surface area contributed by atoms with Gasteiger partial charge in [-0.25, -0.2) is 4.68 Å². The van der Waals surface area contributed by atoms with Crippen molar-refractivity contribution in [1.82, 2.24) is 25.5 Å². The van der Waals surface area contributed by atoms with Gasteiger partial charge in [0.25, 0.3) is 0 Å². The van der Waals surface area contributed by atoms with Gasteiger partial charge in [-0.3, -0.25) is 4.79 Å². The molecule has 2 rings (SSSR count). The van der Waals surface area contributed by atoms with E-state index in [0.29, 0.717) is 18.8 Å². The number of amides is 1. The summed E-state index contributed by atoms with van der Waals surface area (Å²) in [5, 5.41) is 14.5. The Morgan fingerprint density at radius 1 is 1.53 bits per heavy atom. The standard InChI is InChI=1S/C11H16N6O2/c1-7-10(8(2)19-15-7)6-17-5-9(14-16-17)4-13-11(18)3-12/h5H,3-4,6,12H2,1-2H3,(H,13,18). The van der Waals surface area contributed by atoms with Gasteiger partial charge in [0.05, 0.1) is 31.5 Å². The van der Waals surface area contributed by atoms with Crippen LogP contribution in [0.2, 0.25) is 0 Å². The minimum Gasteiger partial charge on any atom is -0.361 e. The molecule has 0 radical (unpaired) electrons. The molecule has 8 heteroatoms. The number of nitrogens with one attached hydrogen (secondary N) is 1. The Labute approximate surface area is 109 Å². The van der Waals surface area contributed by atoms with Gasteiger partial charge in [-0.1, -0.05) is 10.4 Å². The van der Waals surface area contributed by atoms with E-state index in [1.165, 1.54) is 0 Å². The van der Waals surface area contributed by atoms with Crippen LogP contribution in [-0.2, 0) is 17.9 Å². The van der Waals surface area contributed by atoms with Gasteiger partial charge in [-0.15, -0.1) is 5.10 Å². The summed E-state index contributed by atoms with van der Waals surface area (Å²) >= 11 is 0. The Kier molecular flexibility index (Phi) is 3.91. The van der Waals surface area contributed by atoms with Gasteiger partial charge < -0.3 is 15.6 Å². The highest BCUT2D eigenvalue weighted by Crippen LogP contribution is 2.13. The average Bonchev–Trinajstić information content (AvgIpc) is 2.98. The molecule has 0 aromatic carbocycles. The Morgan fingerprint density at radius 2 is 2.32 bits per heavy atom. The van der Waals surface area contributed by atoms with Crippen molar-refractivity contribution in [2.45, 2.75) is 26.9 Å². The lowest BCUT2D eigenvalue weighted by Gasteiger charge is -1.99. The highest BCUT2D eigenvalue weighted by atomic mass is 16.5. The molecule has 0 aliphatic heterocycles. The number of hydrogen-bond acceptors (Lipinski definition) is 6. The number of nitrogens with zero attached hydrogens (tertiary/aromatic N) is 4. The molecule has 19 heavy (non-hydrogen) atoms. The number of aryl methyl sites for hydroxylation is 2. The first-order chi connectivity index (χ1) is 9.10. The SMILES string of the molecule is Cc1noc(C)c1Cn1cc(CNC(=O)CN)nn1. The van der Waals surface area contributed by atoms with Crippen molar-refractivity contribution in [2.24, 2.45) is 5.73 Å². The largest absolute Gasteiger partial charge is 0.361 e. The van der Waals surface area contributed by atoms with Crippen molar-refractivity contribution in [2.75, 3.05) is 6.54 Å². The molecule has 0 saturated carbocycles. The van der Waals surface area contributed by atoms with Crippen LogP contribution in [0.3, 0.4) is 0 Å². The normalized spacial score (nSPS) is 10.7. The second kappa shape index (κ2) is 5.61. The van der Waals surface area contributed by atoms with E-state index in [-0.39, 0.29) is 12.5 Å². The number of aromatic nitrogens is 4. The third-order valence-corrected chi connectivity index (χ3v) is 2.74. The van der Waals surface area contributed by atoms with E-state index in [9.17, 15) is 4.79 Å². The molecule has 8 nitrogen and oxygen atoms in total. The Morgan fingerprint density at radius 3 is 2.95 bits per heavy atom. The zero-order valence-corrected chi connectivity index (χ0v) is 10.9. The monoisotopic (exact) mass is 264 g/mol. The quantitative estimate of drug-likeness (QED) is 0.753. The van der Waals surface area contributed by atoms with Gasteiger partial charge in [0.15, 0.2) is 0 Å². The Bertz CT molecular complexity index is 554. The summed E-state index contributed by atoms with van der Waals surface area (Å²) in [6, 6.07) is 0. The lowest BCUT2D eigenvalue weighted by atomic mass is 10.2. The molecule has 0 spiro atoms. The van der Waals surface area contributed by atoms with Crippen LogP contribution in [0.1, 0.15) is 22.7 Å². The third kappa shape index (κ3) is 3.16. The molecule has 3 N–H and O–H groups in total. The lowest BCUT2D eigenvalue weighted by molar-refractivity contribution is -0.119. The molecule has 0 aliphatic carbocycles. The fraction of sp³-hybridized carbons (Fsp3) is 0.455. The number of carbonyl (C=O) groups excluding carboxylic acids is 1. The molecule has 102 valence electrons. The molecular formula is C11H16N6O2. The van der Waals surface area contributed by atoms with Crippen LogP contribution in [0.15, 0.2) is 10.7 Å². The molecular weight excluding hydrogens is 248 g/mol. The van der Waals surface area contributed by atoms with Gasteiger partial charge in [0, 0.05) is 5.56 Å². The molecule has 0 atom stereocenters. The first-order valence-electron chi connectivity index (χ1n) is 5.87. The molecule has 2 aromatic rings. The fourth-order valence-corrected chi connectivity index (χ4v) is 1.65. The summed E-state index contributed by atoms with van der Waals surface area (Å²) in [5.74, 6) is 0.547. The number of nitrogens with two attached hydrogens (primary N) is 1. The summed E-state index contributed by atoms with van der Waals surface area (Å²) < 4.78 is 6.76. The van der Waals surface area contributed by atoms with E-state index in [1.807, 2.05) is 13.8 Å². The van der Waals surface area contributed by atoms with Gasteiger partial charge in [-0.2, -0.15) is 0 Å². The zero-order chi connectivity index (χ0) is 13.8. The van der Waals surface area contributed by atoms with Crippen LogP contribution < -0.4 is 11.1 Å². The van der Waals surface area contributed by atoms with Crippen LogP contribution in [0.25, 0.3) is 0 Å². The van der Waals surface area contributed by atoms with Crippen molar-refractivity contribution in [1.29, 1.82) is 0 Å². The zero-order valence-electron chi connectivity index (χ0n) is 10.9. The van der Waals surface area contributed by atoms with E-state index in [0.717, 1.165) is 17.0 Å². The summed E-state index contributed by atoms with van der Waals surface area (Å²) in [7, 11) is 0. The van der Waals surface area contributed by atoms with E-state index >= 15 is 0 Å². The van der Waals surface area contributed by atoms with Crippen LogP contribution in [-0.4, -0.2) is 32.6 Å².